The first kappa shape index (κ1) is 54.1. The summed E-state index contributed by atoms with van der Waals surface area (Å²) in [5.41, 5.74) is -2.88. The summed E-state index contributed by atoms with van der Waals surface area (Å²) in [5.74, 6) is 0.556. The second-order valence-electron chi connectivity index (χ2n) is 6.08. The summed E-state index contributed by atoms with van der Waals surface area (Å²) in [6, 6.07) is 0. The van der Waals surface area contributed by atoms with E-state index in [4.69, 9.17) is 34.8 Å². The van der Waals surface area contributed by atoms with E-state index < -0.39 is 45.5 Å². The first-order valence-corrected chi connectivity index (χ1v) is 12.0. The van der Waals surface area contributed by atoms with Gasteiger partial charge in [-0.15, -0.1) is 24.0 Å². The van der Waals surface area contributed by atoms with E-state index in [0.717, 1.165) is 6.20 Å². The normalized spacial score (nSPS) is 10.2. The molecule has 0 amide bonds. The summed E-state index contributed by atoms with van der Waals surface area (Å²) in [5, 5.41) is -1.56. The van der Waals surface area contributed by atoms with Gasteiger partial charge in [-0.05, 0) is 48.0 Å². The van der Waals surface area contributed by atoms with Gasteiger partial charge in [-0.2, -0.15) is 45.8 Å². The average Bonchev–Trinajstić information content (AvgIpc) is 2.73. The van der Waals surface area contributed by atoms with Gasteiger partial charge in [0.2, 0.25) is 5.28 Å². The fraction of sp³-hybridized carbons (Fsp3) is 0.333. The molecule has 3 rings (SSSR count). The Morgan fingerprint density at radius 2 is 0.952 bits per heavy atom. The molecule has 6 nitrogen and oxygen atoms in total. The van der Waals surface area contributed by atoms with Crippen molar-refractivity contribution in [3.05, 3.63) is 66.2 Å². The van der Waals surface area contributed by atoms with Crippen molar-refractivity contribution in [3.63, 3.8) is 0 Å². The first-order valence-electron chi connectivity index (χ1n) is 9.02. The van der Waals surface area contributed by atoms with Gasteiger partial charge in [-0.3, -0.25) is 0 Å². The van der Waals surface area contributed by atoms with E-state index in [1.165, 1.54) is 6.92 Å². The van der Waals surface area contributed by atoms with Crippen LogP contribution in [0.15, 0.2) is 18.6 Å². The smallest absolute Gasteiger partial charge is 1.00 e. The third-order valence-corrected chi connectivity index (χ3v) is 4.94. The van der Waals surface area contributed by atoms with Gasteiger partial charge < -0.3 is 36.6 Å². The van der Waals surface area contributed by atoms with Crippen LogP contribution in [0.3, 0.4) is 0 Å². The van der Waals surface area contributed by atoms with Crippen molar-refractivity contribution >= 4 is 94.0 Å². The minimum absolute atomic E-state index is 0. The molecule has 0 unspecified atom stereocenters. The van der Waals surface area contributed by atoms with Gasteiger partial charge in [0.25, 0.3) is 0 Å². The minimum Gasteiger partial charge on any atom is -1.00 e. The fourth-order valence-electron chi connectivity index (χ4n) is 1.80. The fourth-order valence-corrected chi connectivity index (χ4v) is 3.28. The molecule has 0 aliphatic heterocycles. The summed E-state index contributed by atoms with van der Waals surface area (Å²) < 4.78 is 108. The van der Waals surface area contributed by atoms with Gasteiger partial charge in [0.05, 0.1) is 0 Å². The summed E-state index contributed by atoms with van der Waals surface area (Å²) in [6.45, 7) is 3.01. The summed E-state index contributed by atoms with van der Waals surface area (Å²) in [7, 11) is 0. The zero-order valence-corrected chi connectivity index (χ0v) is 36.4. The zero-order valence-electron chi connectivity index (χ0n) is 21.5. The molecule has 0 N–H and O–H groups in total. The number of hydrogen-bond acceptors (Lipinski definition) is 7. The van der Waals surface area contributed by atoms with E-state index in [1.807, 2.05) is 0 Å². The average molecular weight is 1070 g/mol. The molecule has 3 aromatic heterocycles. The SMILES string of the molecule is C[S-].Cc1ncc(C(F)(F)F)c(Cl)n1.Cc1ncc(C(F)(F)F)c(I)n1.FC(F)(F)c1cnc(Cl)nc1Cl.I.[I-].[K+].[Na+]. The Morgan fingerprint density at radius 1 is 0.643 bits per heavy atom. The molecule has 0 aliphatic carbocycles. The quantitative estimate of drug-likeness (QED) is 0.0750. The number of halogens is 15. The van der Waals surface area contributed by atoms with Crippen LogP contribution in [-0.4, -0.2) is 36.2 Å². The molecule has 3 heterocycles. The second kappa shape index (κ2) is 24.7. The maximum atomic E-state index is 12.1. The molecular weight excluding hydrogens is 1050 g/mol. The molecule has 0 saturated heterocycles. The topological polar surface area (TPSA) is 77.3 Å². The van der Waals surface area contributed by atoms with Crippen molar-refractivity contribution in [2.75, 3.05) is 6.26 Å². The van der Waals surface area contributed by atoms with Gasteiger partial charge in [0, 0.05) is 18.6 Å². The van der Waals surface area contributed by atoms with Gasteiger partial charge in [-0.25, -0.2) is 29.9 Å². The summed E-state index contributed by atoms with van der Waals surface area (Å²) in [6.07, 6.45) is -9.79. The van der Waals surface area contributed by atoms with Crippen LogP contribution in [0.4, 0.5) is 39.5 Å². The molecule has 0 atom stereocenters. The van der Waals surface area contributed by atoms with E-state index in [1.54, 1.807) is 35.8 Å². The number of hydrogen-bond donors (Lipinski definition) is 0. The van der Waals surface area contributed by atoms with E-state index in [0.29, 0.717) is 18.2 Å². The van der Waals surface area contributed by atoms with Gasteiger partial charge in [0.15, 0.2) is 0 Å². The number of aromatic nitrogens is 6. The van der Waals surface area contributed by atoms with Crippen molar-refractivity contribution in [3.8, 4) is 0 Å². The Labute approximate surface area is 367 Å². The van der Waals surface area contributed by atoms with Crippen molar-refractivity contribution in [1.29, 1.82) is 0 Å². The Balaban J connectivity index is -0.000000151. The van der Waals surface area contributed by atoms with Crippen LogP contribution in [0.1, 0.15) is 28.3 Å². The van der Waals surface area contributed by atoms with Crippen molar-refractivity contribution in [2.24, 2.45) is 0 Å². The van der Waals surface area contributed by atoms with Gasteiger partial charge >= 0.3 is 99.5 Å². The molecule has 0 radical (unpaired) electrons. The molecule has 0 aliphatic rings. The summed E-state index contributed by atoms with van der Waals surface area (Å²) >= 11 is 21.2. The standard InChI is InChI=1S/C6H4ClF3N2.C6H4F3IN2.C5HCl2F3N2.CH4S.2HI.K.Na/c1-3-11-2-4(5(7)12-3)6(8,9)10;1-3-11-2-4(5(10)12-3)6(7,8)9;6-3-2(5(8,9)10)1-11-4(7)12-3;1-2;;;;/h2*2H,1H3;1H;2H,1H3;2*1H;;/q;;;;;;2*+1/p-2. The first-order chi connectivity index (χ1) is 17.2. The second-order valence-corrected chi connectivity index (χ2v) is 8.16. The molecule has 0 bridgehead atoms. The van der Waals surface area contributed by atoms with Crippen molar-refractivity contribution < 1.29 is 144 Å². The van der Waals surface area contributed by atoms with E-state index in [9.17, 15) is 39.5 Å². The van der Waals surface area contributed by atoms with Gasteiger partial charge in [0.1, 0.15) is 42.3 Å². The van der Waals surface area contributed by atoms with Gasteiger partial charge in [-0.1, -0.05) is 23.2 Å². The Hall–Kier alpha value is 2.66. The molecule has 42 heavy (non-hydrogen) atoms. The molecule has 0 fully saturated rings. The molecule has 228 valence electrons. The van der Waals surface area contributed by atoms with E-state index in [-0.39, 0.29) is 144 Å². The van der Waals surface area contributed by atoms with Crippen molar-refractivity contribution in [2.45, 2.75) is 32.4 Å². The molecule has 3 aromatic rings. The minimum atomic E-state index is -4.54. The van der Waals surface area contributed by atoms with Crippen LogP contribution < -0.4 is 105 Å². The van der Waals surface area contributed by atoms with Crippen LogP contribution in [0.2, 0.25) is 15.6 Å². The van der Waals surface area contributed by atoms with E-state index >= 15 is 0 Å². The monoisotopic (exact) mass is 1060 g/mol. The van der Waals surface area contributed by atoms with Crippen molar-refractivity contribution in [1.82, 2.24) is 29.9 Å². The number of aryl methyl sites for hydroxylation is 2. The molecule has 0 aromatic carbocycles. The Bertz CT molecular complexity index is 1070. The number of alkyl halides is 9. The number of rotatable bonds is 0. The third-order valence-electron chi connectivity index (χ3n) is 3.35. The molecule has 24 heteroatoms. The maximum Gasteiger partial charge on any atom is 1.00 e. The molecular formula is C18H13Cl3F9I3KN6NaS. The predicted octanol–water partition coefficient (Wildman–Crippen LogP) is -0.539. The van der Waals surface area contributed by atoms with Crippen LogP contribution in [-0.2, 0) is 31.2 Å². The van der Waals surface area contributed by atoms with Crippen LogP contribution in [0, 0.1) is 17.5 Å². The third kappa shape index (κ3) is 20.8. The predicted molar refractivity (Wildman–Crippen MR) is 147 cm³/mol. The van der Waals surface area contributed by atoms with Crippen LogP contribution >= 0.6 is 81.4 Å². The summed E-state index contributed by atoms with van der Waals surface area (Å²) in [4.78, 5) is 20.1. The van der Waals surface area contributed by atoms with Crippen LogP contribution in [0.25, 0.3) is 0 Å². The maximum absolute atomic E-state index is 12.1. The molecule has 0 spiro atoms. The molecule has 0 saturated carbocycles. The van der Waals surface area contributed by atoms with Crippen LogP contribution in [0.5, 0.6) is 0 Å². The number of nitrogens with zero attached hydrogens (tertiary/aromatic N) is 6. The largest absolute Gasteiger partial charge is 1.00 e. The van der Waals surface area contributed by atoms with E-state index in [2.05, 4.69) is 42.5 Å². The zero-order chi connectivity index (χ0) is 30.1. The Kier molecular flexibility index (Phi) is 31.9. The Morgan fingerprint density at radius 3 is 1.26 bits per heavy atom.